The second-order valence-corrected chi connectivity index (χ2v) is 5.04. The van der Waals surface area contributed by atoms with Crippen molar-refractivity contribution in [2.24, 2.45) is 0 Å². The smallest absolute Gasteiger partial charge is 0.335 e. The molecule has 0 heterocycles. The summed E-state index contributed by atoms with van der Waals surface area (Å²) in [6.45, 7) is 1.18. The molecule has 0 aromatic heterocycles. The normalized spacial score (nSPS) is 14.0. The van der Waals surface area contributed by atoms with Crippen LogP contribution in [0.1, 0.15) is 35.2 Å². The van der Waals surface area contributed by atoms with E-state index in [0.717, 1.165) is 5.56 Å². The number of hydrogen-bond acceptors (Lipinski definition) is 3. The first kappa shape index (κ1) is 14.5. The molecular weight excluding hydrogens is 256 g/mol. The van der Waals surface area contributed by atoms with Crippen molar-refractivity contribution in [1.82, 2.24) is 10.6 Å². The Morgan fingerprint density at radius 2 is 1.95 bits per heavy atom. The van der Waals surface area contributed by atoms with Gasteiger partial charge in [0.2, 0.25) is 5.91 Å². The van der Waals surface area contributed by atoms with Crippen LogP contribution >= 0.6 is 0 Å². The second-order valence-electron chi connectivity index (χ2n) is 5.04. The van der Waals surface area contributed by atoms with Gasteiger partial charge >= 0.3 is 5.97 Å². The van der Waals surface area contributed by atoms with Crippen LogP contribution in [0.4, 0.5) is 0 Å². The molecule has 108 valence electrons. The van der Waals surface area contributed by atoms with Crippen LogP contribution in [0.5, 0.6) is 0 Å². The fourth-order valence-corrected chi connectivity index (χ4v) is 2.05. The van der Waals surface area contributed by atoms with Crippen LogP contribution in [0.25, 0.3) is 0 Å². The Morgan fingerprint density at radius 1 is 1.20 bits per heavy atom. The van der Waals surface area contributed by atoms with E-state index in [0.29, 0.717) is 37.5 Å². The molecule has 5 nitrogen and oxygen atoms in total. The number of benzene rings is 1. The van der Waals surface area contributed by atoms with Crippen LogP contribution in [-0.4, -0.2) is 36.1 Å². The third-order valence-electron chi connectivity index (χ3n) is 3.33. The summed E-state index contributed by atoms with van der Waals surface area (Å²) in [6.07, 6.45) is 3.43. The predicted molar refractivity (Wildman–Crippen MR) is 75.8 cm³/mol. The number of hydrogen-bond donors (Lipinski definition) is 3. The summed E-state index contributed by atoms with van der Waals surface area (Å²) in [6, 6.07) is 7.49. The van der Waals surface area contributed by atoms with Crippen molar-refractivity contribution in [3.63, 3.8) is 0 Å². The Kier molecular flexibility index (Phi) is 5.12. The first-order valence-corrected chi connectivity index (χ1v) is 6.98. The number of carboxylic acid groups (broad SMARTS) is 1. The summed E-state index contributed by atoms with van der Waals surface area (Å²) in [4.78, 5) is 22.6. The standard InChI is InChI=1S/C15H20N2O3/c18-14(8-10-16-12-5-6-12)17-9-7-11-3-1-2-4-13(11)15(19)20/h1-4,12,16H,5-10H2,(H,17,18)(H,19,20). The Balaban J connectivity index is 1.69. The van der Waals surface area contributed by atoms with E-state index in [1.165, 1.54) is 12.8 Å². The van der Waals surface area contributed by atoms with Gasteiger partial charge in [-0.3, -0.25) is 4.79 Å². The fourth-order valence-electron chi connectivity index (χ4n) is 2.05. The van der Waals surface area contributed by atoms with Crippen molar-refractivity contribution in [3.05, 3.63) is 35.4 Å². The SMILES string of the molecule is O=C(CCNC1CC1)NCCc1ccccc1C(=O)O. The van der Waals surface area contributed by atoms with Crippen LogP contribution in [0.3, 0.4) is 0 Å². The van der Waals surface area contributed by atoms with E-state index in [1.54, 1.807) is 18.2 Å². The highest BCUT2D eigenvalue weighted by Crippen LogP contribution is 2.18. The number of carboxylic acids is 1. The lowest BCUT2D eigenvalue weighted by atomic mass is 10.0. The molecule has 2 rings (SSSR count). The molecule has 1 fully saturated rings. The molecule has 20 heavy (non-hydrogen) atoms. The highest BCUT2D eigenvalue weighted by atomic mass is 16.4. The molecule has 0 aliphatic heterocycles. The van der Waals surface area contributed by atoms with Crippen LogP contribution in [0, 0.1) is 0 Å². The van der Waals surface area contributed by atoms with Crippen molar-refractivity contribution >= 4 is 11.9 Å². The van der Waals surface area contributed by atoms with Gasteiger partial charge in [0.15, 0.2) is 0 Å². The molecule has 0 radical (unpaired) electrons. The van der Waals surface area contributed by atoms with E-state index >= 15 is 0 Å². The number of carbonyl (C=O) groups excluding carboxylic acids is 1. The molecule has 0 saturated heterocycles. The third-order valence-corrected chi connectivity index (χ3v) is 3.33. The summed E-state index contributed by atoms with van der Waals surface area (Å²) in [7, 11) is 0. The Morgan fingerprint density at radius 3 is 2.65 bits per heavy atom. The molecule has 0 atom stereocenters. The summed E-state index contributed by atoms with van der Waals surface area (Å²) < 4.78 is 0. The maximum absolute atomic E-state index is 11.6. The van der Waals surface area contributed by atoms with Crippen molar-refractivity contribution in [2.45, 2.75) is 31.7 Å². The summed E-state index contributed by atoms with van der Waals surface area (Å²) in [5, 5.41) is 15.2. The molecule has 1 aromatic carbocycles. The topological polar surface area (TPSA) is 78.4 Å². The van der Waals surface area contributed by atoms with Gasteiger partial charge in [0, 0.05) is 25.6 Å². The van der Waals surface area contributed by atoms with Gasteiger partial charge < -0.3 is 15.7 Å². The molecule has 1 saturated carbocycles. The molecule has 1 aromatic rings. The molecule has 1 amide bonds. The molecule has 1 aliphatic carbocycles. The molecule has 1 aliphatic rings. The lowest BCUT2D eigenvalue weighted by Gasteiger charge is -2.08. The highest BCUT2D eigenvalue weighted by molar-refractivity contribution is 5.89. The zero-order chi connectivity index (χ0) is 14.4. The maximum Gasteiger partial charge on any atom is 0.335 e. The minimum Gasteiger partial charge on any atom is -0.478 e. The van der Waals surface area contributed by atoms with E-state index in [-0.39, 0.29) is 5.91 Å². The van der Waals surface area contributed by atoms with Gasteiger partial charge in [0.05, 0.1) is 5.56 Å². The van der Waals surface area contributed by atoms with Gasteiger partial charge in [0.1, 0.15) is 0 Å². The Hall–Kier alpha value is -1.88. The number of amides is 1. The van der Waals surface area contributed by atoms with E-state index in [4.69, 9.17) is 5.11 Å². The minimum absolute atomic E-state index is 0.00551. The maximum atomic E-state index is 11.6. The zero-order valence-electron chi connectivity index (χ0n) is 11.4. The summed E-state index contributed by atoms with van der Waals surface area (Å²) in [5.74, 6) is -0.925. The molecule has 0 bridgehead atoms. The first-order chi connectivity index (χ1) is 9.66. The molecule has 3 N–H and O–H groups in total. The third kappa shape index (κ3) is 4.66. The lowest BCUT2D eigenvalue weighted by Crippen LogP contribution is -2.30. The van der Waals surface area contributed by atoms with Gasteiger partial charge in [-0.25, -0.2) is 4.79 Å². The fraction of sp³-hybridized carbons (Fsp3) is 0.467. The van der Waals surface area contributed by atoms with Gasteiger partial charge in [-0.15, -0.1) is 0 Å². The molecule has 5 heteroatoms. The van der Waals surface area contributed by atoms with Crippen LogP contribution in [0.15, 0.2) is 24.3 Å². The van der Waals surface area contributed by atoms with Crippen molar-refractivity contribution < 1.29 is 14.7 Å². The van der Waals surface area contributed by atoms with E-state index in [1.807, 2.05) is 6.07 Å². The largest absolute Gasteiger partial charge is 0.478 e. The zero-order valence-corrected chi connectivity index (χ0v) is 11.4. The minimum atomic E-state index is -0.930. The lowest BCUT2D eigenvalue weighted by molar-refractivity contribution is -0.120. The predicted octanol–water partition coefficient (Wildman–Crippen LogP) is 1.19. The van der Waals surface area contributed by atoms with Crippen LogP contribution in [-0.2, 0) is 11.2 Å². The Labute approximate surface area is 118 Å². The monoisotopic (exact) mass is 276 g/mol. The van der Waals surface area contributed by atoms with E-state index in [9.17, 15) is 9.59 Å². The molecular formula is C15H20N2O3. The van der Waals surface area contributed by atoms with Gasteiger partial charge in [-0.1, -0.05) is 18.2 Å². The van der Waals surface area contributed by atoms with Crippen LogP contribution < -0.4 is 10.6 Å². The molecule has 0 unspecified atom stereocenters. The average Bonchev–Trinajstić information content (AvgIpc) is 3.23. The van der Waals surface area contributed by atoms with Crippen LogP contribution in [0.2, 0.25) is 0 Å². The Bertz CT molecular complexity index is 484. The van der Waals surface area contributed by atoms with Gasteiger partial charge in [-0.05, 0) is 30.9 Å². The highest BCUT2D eigenvalue weighted by Gasteiger charge is 2.20. The number of nitrogens with one attached hydrogen (secondary N) is 2. The van der Waals surface area contributed by atoms with Crippen molar-refractivity contribution in [1.29, 1.82) is 0 Å². The number of carbonyl (C=O) groups is 2. The molecule has 0 spiro atoms. The van der Waals surface area contributed by atoms with Crippen molar-refractivity contribution in [2.75, 3.05) is 13.1 Å². The first-order valence-electron chi connectivity index (χ1n) is 6.98. The number of aromatic carboxylic acids is 1. The average molecular weight is 276 g/mol. The van der Waals surface area contributed by atoms with Gasteiger partial charge in [0.25, 0.3) is 0 Å². The van der Waals surface area contributed by atoms with E-state index in [2.05, 4.69) is 10.6 Å². The summed E-state index contributed by atoms with van der Waals surface area (Å²) >= 11 is 0. The van der Waals surface area contributed by atoms with Crippen molar-refractivity contribution in [3.8, 4) is 0 Å². The quantitative estimate of drug-likeness (QED) is 0.666. The van der Waals surface area contributed by atoms with E-state index < -0.39 is 5.97 Å². The van der Waals surface area contributed by atoms with Gasteiger partial charge in [-0.2, -0.15) is 0 Å². The second kappa shape index (κ2) is 7.05. The summed E-state index contributed by atoms with van der Waals surface area (Å²) in [5.41, 5.74) is 1.05. The number of rotatable bonds is 8.